The van der Waals surface area contributed by atoms with Crippen LogP contribution in [0.1, 0.15) is 31.7 Å². The van der Waals surface area contributed by atoms with Crippen molar-refractivity contribution in [3.05, 3.63) is 23.2 Å². The Hall–Kier alpha value is -1.13. The maximum Gasteiger partial charge on any atom is 0.146 e. The number of thiazole rings is 1. The van der Waals surface area contributed by atoms with Crippen LogP contribution >= 0.6 is 11.3 Å². The number of para-hydroxylation sites is 1. The summed E-state index contributed by atoms with van der Waals surface area (Å²) in [5, 5.41) is 4.68. The summed E-state index contributed by atoms with van der Waals surface area (Å²) in [6.45, 7) is 6.33. The van der Waals surface area contributed by atoms with Gasteiger partial charge in [0.2, 0.25) is 0 Å². The van der Waals surface area contributed by atoms with Crippen LogP contribution in [-0.4, -0.2) is 24.2 Å². The molecule has 108 valence electrons. The highest BCUT2D eigenvalue weighted by Gasteiger charge is 2.16. The van der Waals surface area contributed by atoms with Gasteiger partial charge in [-0.2, -0.15) is 0 Å². The van der Waals surface area contributed by atoms with E-state index in [-0.39, 0.29) is 0 Å². The maximum absolute atomic E-state index is 6.00. The number of ether oxygens (including phenoxy) is 1. The van der Waals surface area contributed by atoms with Gasteiger partial charge in [-0.05, 0) is 37.4 Å². The molecule has 2 heterocycles. The molecule has 1 atom stereocenters. The van der Waals surface area contributed by atoms with E-state index in [0.717, 1.165) is 30.8 Å². The molecule has 0 aliphatic carbocycles. The van der Waals surface area contributed by atoms with Gasteiger partial charge in [0, 0.05) is 12.5 Å². The molecule has 20 heavy (non-hydrogen) atoms. The molecule has 3 rings (SSSR count). The number of nitrogens with one attached hydrogen (secondary N) is 1. The molecule has 1 saturated heterocycles. The number of rotatable bonds is 5. The molecule has 4 heteroatoms. The lowest BCUT2D eigenvalue weighted by Gasteiger charge is -2.12. The Balaban J connectivity index is 1.77. The van der Waals surface area contributed by atoms with Gasteiger partial charge in [0.1, 0.15) is 17.9 Å². The fourth-order valence-corrected chi connectivity index (χ4v) is 3.81. The van der Waals surface area contributed by atoms with Gasteiger partial charge in [-0.15, -0.1) is 11.3 Å². The minimum atomic E-state index is 0.499. The highest BCUT2D eigenvalue weighted by Crippen LogP contribution is 2.31. The van der Waals surface area contributed by atoms with Crippen molar-refractivity contribution < 1.29 is 4.74 Å². The van der Waals surface area contributed by atoms with Crippen molar-refractivity contribution in [3.8, 4) is 5.75 Å². The molecule has 1 aliphatic rings. The Morgan fingerprint density at radius 2 is 2.35 bits per heavy atom. The SMILES string of the molecule is CC(C)Cc1nc2c(OCC3CCCN3)cccc2s1. The molecule has 1 aromatic heterocycles. The largest absolute Gasteiger partial charge is 0.490 e. The summed E-state index contributed by atoms with van der Waals surface area (Å²) in [5.74, 6) is 1.57. The zero-order valence-electron chi connectivity index (χ0n) is 12.2. The minimum absolute atomic E-state index is 0.499. The standard InChI is InChI=1S/C16H22N2OS/c1-11(2)9-15-18-16-13(6-3-7-14(16)20-15)19-10-12-5-4-8-17-12/h3,6-7,11-12,17H,4-5,8-10H2,1-2H3. The third-order valence-corrected chi connectivity index (χ3v) is 4.65. The second kappa shape index (κ2) is 6.10. The van der Waals surface area contributed by atoms with E-state index in [1.165, 1.54) is 22.5 Å². The van der Waals surface area contributed by atoms with Crippen molar-refractivity contribution in [2.24, 2.45) is 5.92 Å². The number of aromatic nitrogens is 1. The number of fused-ring (bicyclic) bond motifs is 1. The summed E-state index contributed by atoms with van der Waals surface area (Å²) in [7, 11) is 0. The smallest absolute Gasteiger partial charge is 0.146 e. The van der Waals surface area contributed by atoms with Crippen molar-refractivity contribution in [3.63, 3.8) is 0 Å². The summed E-state index contributed by atoms with van der Waals surface area (Å²) in [6, 6.07) is 6.74. The highest BCUT2D eigenvalue weighted by atomic mass is 32.1. The molecule has 0 spiro atoms. The van der Waals surface area contributed by atoms with Crippen LogP contribution in [0.2, 0.25) is 0 Å². The van der Waals surface area contributed by atoms with Gasteiger partial charge >= 0.3 is 0 Å². The number of nitrogens with zero attached hydrogens (tertiary/aromatic N) is 1. The predicted octanol–water partition coefficient (Wildman–Crippen LogP) is 3.63. The Labute approximate surface area is 124 Å². The van der Waals surface area contributed by atoms with Crippen LogP contribution in [-0.2, 0) is 6.42 Å². The monoisotopic (exact) mass is 290 g/mol. The fraction of sp³-hybridized carbons (Fsp3) is 0.562. The minimum Gasteiger partial charge on any atom is -0.490 e. The van der Waals surface area contributed by atoms with Gasteiger partial charge in [0.25, 0.3) is 0 Å². The molecule has 0 saturated carbocycles. The van der Waals surface area contributed by atoms with E-state index in [1.54, 1.807) is 11.3 Å². The van der Waals surface area contributed by atoms with Gasteiger partial charge in [0.05, 0.1) is 9.71 Å². The topological polar surface area (TPSA) is 34.1 Å². The van der Waals surface area contributed by atoms with Crippen LogP contribution in [0.15, 0.2) is 18.2 Å². The van der Waals surface area contributed by atoms with Gasteiger partial charge in [0.15, 0.2) is 0 Å². The van der Waals surface area contributed by atoms with Crippen LogP contribution < -0.4 is 10.1 Å². The molecule has 1 aliphatic heterocycles. The summed E-state index contributed by atoms with van der Waals surface area (Å²) < 4.78 is 7.24. The number of benzene rings is 1. The van der Waals surface area contributed by atoms with Gasteiger partial charge < -0.3 is 10.1 Å². The lowest BCUT2D eigenvalue weighted by Crippen LogP contribution is -2.28. The van der Waals surface area contributed by atoms with Crippen molar-refractivity contribution in [1.29, 1.82) is 0 Å². The molecule has 1 N–H and O–H groups in total. The quantitative estimate of drug-likeness (QED) is 0.913. The molecule has 0 amide bonds. The fourth-order valence-electron chi connectivity index (χ4n) is 2.61. The summed E-state index contributed by atoms with van der Waals surface area (Å²) in [6.07, 6.45) is 3.52. The Morgan fingerprint density at radius 1 is 1.45 bits per heavy atom. The first kappa shape index (κ1) is 13.8. The van der Waals surface area contributed by atoms with E-state index in [0.29, 0.717) is 12.0 Å². The first-order valence-electron chi connectivity index (χ1n) is 7.47. The average Bonchev–Trinajstić information content (AvgIpc) is 3.03. The lowest BCUT2D eigenvalue weighted by molar-refractivity contribution is 0.280. The van der Waals surface area contributed by atoms with Crippen molar-refractivity contribution >= 4 is 21.6 Å². The van der Waals surface area contributed by atoms with Crippen LogP contribution in [0.5, 0.6) is 5.75 Å². The molecule has 2 aromatic rings. The van der Waals surface area contributed by atoms with E-state index in [4.69, 9.17) is 9.72 Å². The van der Waals surface area contributed by atoms with Gasteiger partial charge in [-0.25, -0.2) is 4.98 Å². The van der Waals surface area contributed by atoms with Crippen LogP contribution in [0.4, 0.5) is 0 Å². The van der Waals surface area contributed by atoms with E-state index >= 15 is 0 Å². The zero-order chi connectivity index (χ0) is 13.9. The maximum atomic E-state index is 6.00. The van der Waals surface area contributed by atoms with Crippen molar-refractivity contribution in [1.82, 2.24) is 10.3 Å². The molecule has 0 bridgehead atoms. The lowest BCUT2D eigenvalue weighted by atomic mass is 10.1. The Morgan fingerprint density at radius 3 is 3.10 bits per heavy atom. The highest BCUT2D eigenvalue weighted by molar-refractivity contribution is 7.18. The first-order chi connectivity index (χ1) is 9.72. The predicted molar refractivity (Wildman–Crippen MR) is 84.7 cm³/mol. The zero-order valence-corrected chi connectivity index (χ0v) is 13.0. The van der Waals surface area contributed by atoms with E-state index in [9.17, 15) is 0 Å². The van der Waals surface area contributed by atoms with Crippen LogP contribution in [0.3, 0.4) is 0 Å². The Kier molecular flexibility index (Phi) is 4.22. The van der Waals surface area contributed by atoms with Crippen molar-refractivity contribution in [2.45, 2.75) is 39.2 Å². The first-order valence-corrected chi connectivity index (χ1v) is 8.28. The molecule has 1 unspecified atom stereocenters. The molecule has 1 fully saturated rings. The molecule has 1 aromatic carbocycles. The van der Waals surface area contributed by atoms with E-state index in [2.05, 4.69) is 31.3 Å². The van der Waals surface area contributed by atoms with Crippen LogP contribution in [0, 0.1) is 5.92 Å². The van der Waals surface area contributed by atoms with Gasteiger partial charge in [-0.1, -0.05) is 19.9 Å². The normalized spacial score (nSPS) is 19.1. The summed E-state index contributed by atoms with van der Waals surface area (Å²) in [4.78, 5) is 4.77. The third-order valence-electron chi connectivity index (χ3n) is 3.61. The summed E-state index contributed by atoms with van der Waals surface area (Å²) >= 11 is 1.79. The Bertz CT molecular complexity index is 573. The summed E-state index contributed by atoms with van der Waals surface area (Å²) in [5.41, 5.74) is 1.03. The molecular formula is C16H22N2OS. The van der Waals surface area contributed by atoms with Crippen LogP contribution in [0.25, 0.3) is 10.2 Å². The molecule has 3 nitrogen and oxygen atoms in total. The second-order valence-electron chi connectivity index (χ2n) is 5.91. The van der Waals surface area contributed by atoms with E-state index < -0.39 is 0 Å². The molecular weight excluding hydrogens is 268 g/mol. The van der Waals surface area contributed by atoms with E-state index in [1.807, 2.05) is 6.07 Å². The number of hydrogen-bond acceptors (Lipinski definition) is 4. The third kappa shape index (κ3) is 3.13. The van der Waals surface area contributed by atoms with Crippen molar-refractivity contribution in [2.75, 3.05) is 13.2 Å². The second-order valence-corrected chi connectivity index (χ2v) is 7.03. The number of hydrogen-bond donors (Lipinski definition) is 1. The van der Waals surface area contributed by atoms with Gasteiger partial charge in [-0.3, -0.25) is 0 Å². The molecule has 0 radical (unpaired) electrons. The average molecular weight is 290 g/mol.